The zero-order valence-corrected chi connectivity index (χ0v) is 20.0. The van der Waals surface area contributed by atoms with Crippen molar-refractivity contribution in [1.82, 2.24) is 15.1 Å². The number of halogens is 1. The second-order valence-electron chi connectivity index (χ2n) is 10.1. The average molecular weight is 475 g/mol. The van der Waals surface area contributed by atoms with Gasteiger partial charge in [-0.1, -0.05) is 12.8 Å². The van der Waals surface area contributed by atoms with E-state index in [9.17, 15) is 18.8 Å². The summed E-state index contributed by atoms with van der Waals surface area (Å²) in [5.41, 5.74) is 2.10. The van der Waals surface area contributed by atoms with Crippen LogP contribution in [0.4, 0.5) is 14.9 Å². The number of nitrogens with one attached hydrogen (secondary N) is 2. The summed E-state index contributed by atoms with van der Waals surface area (Å²) in [4.78, 5) is 40.4. The van der Waals surface area contributed by atoms with Gasteiger partial charge in [-0.05, 0) is 62.8 Å². The Morgan fingerprint density at radius 2 is 1.82 bits per heavy atom. The molecule has 3 aliphatic rings. The molecule has 2 saturated carbocycles. The number of amides is 3. The van der Waals surface area contributed by atoms with Crippen molar-refractivity contribution in [3.63, 3.8) is 0 Å². The van der Waals surface area contributed by atoms with Crippen molar-refractivity contribution in [3.8, 4) is 0 Å². The minimum Gasteiger partial charge on any atom is -0.465 e. The highest BCUT2D eigenvalue weighted by Crippen LogP contribution is 2.31. The third-order valence-electron chi connectivity index (χ3n) is 7.67. The molecule has 3 fully saturated rings. The maximum absolute atomic E-state index is 14.4. The van der Waals surface area contributed by atoms with E-state index in [-0.39, 0.29) is 35.7 Å². The van der Waals surface area contributed by atoms with Gasteiger partial charge in [0.05, 0.1) is 0 Å². The second kappa shape index (κ2) is 10.3. The van der Waals surface area contributed by atoms with Gasteiger partial charge in [0.1, 0.15) is 5.82 Å². The lowest BCUT2D eigenvalue weighted by atomic mass is 9.79. The van der Waals surface area contributed by atoms with Gasteiger partial charge in [-0.3, -0.25) is 14.5 Å². The molecule has 3 N–H and O–H groups in total. The Hall–Kier alpha value is -2.68. The van der Waals surface area contributed by atoms with Crippen LogP contribution in [0.5, 0.6) is 0 Å². The highest BCUT2D eigenvalue weighted by atomic mass is 19.1. The maximum Gasteiger partial charge on any atom is 0.404 e. The molecule has 0 aromatic heterocycles. The van der Waals surface area contributed by atoms with Crippen molar-refractivity contribution < 1.29 is 23.9 Å². The molecule has 3 amide bonds. The first kappa shape index (κ1) is 24.4. The number of hydrogen-bond donors (Lipinski definition) is 3. The first-order valence-electron chi connectivity index (χ1n) is 12.3. The van der Waals surface area contributed by atoms with Crippen LogP contribution in [0.25, 0.3) is 0 Å². The molecule has 1 aromatic carbocycles. The van der Waals surface area contributed by atoms with Crippen LogP contribution in [0.15, 0.2) is 12.1 Å². The first-order valence-corrected chi connectivity index (χ1v) is 12.3. The molecule has 1 atom stereocenters. The summed E-state index contributed by atoms with van der Waals surface area (Å²) >= 11 is 0. The quantitative estimate of drug-likeness (QED) is 0.587. The molecule has 0 radical (unpaired) electrons. The van der Waals surface area contributed by atoms with Gasteiger partial charge in [-0.2, -0.15) is 0 Å². The van der Waals surface area contributed by atoms with Crippen molar-refractivity contribution in [2.75, 3.05) is 25.0 Å². The Balaban J connectivity index is 1.34. The maximum atomic E-state index is 14.4. The highest BCUT2D eigenvalue weighted by Gasteiger charge is 2.36. The predicted octanol–water partition coefficient (Wildman–Crippen LogP) is 3.34. The molecule has 186 valence electrons. The summed E-state index contributed by atoms with van der Waals surface area (Å²) in [6.45, 7) is 6.66. The Labute approximate surface area is 199 Å². The van der Waals surface area contributed by atoms with E-state index in [1.165, 1.54) is 12.1 Å². The second-order valence-corrected chi connectivity index (χ2v) is 10.1. The van der Waals surface area contributed by atoms with E-state index in [2.05, 4.69) is 22.5 Å². The highest BCUT2D eigenvalue weighted by molar-refractivity contribution is 5.94. The Morgan fingerprint density at radius 1 is 1.12 bits per heavy atom. The third-order valence-corrected chi connectivity index (χ3v) is 7.67. The minimum atomic E-state index is -1.09. The molecule has 34 heavy (non-hydrogen) atoms. The molecular weight excluding hydrogens is 439 g/mol. The molecule has 8 nitrogen and oxygen atoms in total. The zero-order chi connectivity index (χ0) is 24.4. The molecule has 1 saturated heterocycles. The topological polar surface area (TPSA) is 102 Å². The van der Waals surface area contributed by atoms with Crippen LogP contribution in [0.2, 0.25) is 0 Å². The molecule has 9 heteroatoms. The van der Waals surface area contributed by atoms with Gasteiger partial charge in [-0.15, -0.1) is 0 Å². The van der Waals surface area contributed by atoms with Gasteiger partial charge in [0.2, 0.25) is 11.8 Å². The summed E-state index contributed by atoms with van der Waals surface area (Å²) in [5.74, 6) is -0.437. The molecule has 0 unspecified atom stereocenters. The van der Waals surface area contributed by atoms with Gasteiger partial charge >= 0.3 is 6.09 Å². The molecule has 1 heterocycles. The van der Waals surface area contributed by atoms with Gasteiger partial charge < -0.3 is 20.6 Å². The normalized spacial score (nSPS) is 25.6. The fourth-order valence-electron chi connectivity index (χ4n) is 5.54. The predicted molar refractivity (Wildman–Crippen MR) is 126 cm³/mol. The first-order chi connectivity index (χ1) is 16.2. The van der Waals surface area contributed by atoms with Gasteiger partial charge in [0.25, 0.3) is 0 Å². The van der Waals surface area contributed by atoms with Crippen LogP contribution >= 0.6 is 0 Å². The standard InChI is InChI=1S/C25H35FN4O4/c1-15-13-29(7-8-30(15)24(32)17-5-3-4-6-17)14-19-9-20(26)12-22(16(19)2)28-23(31)18-10-21(11-18)27-25(33)34/h9,12,15,17-18,21,27H,3-8,10-11,13-14H2,1-2H3,(H,28,31)(H,33,34)/t15-,18-,21-/m0/s1. The van der Waals surface area contributed by atoms with Crippen molar-refractivity contribution in [2.45, 2.75) is 71.0 Å². The fourth-order valence-corrected chi connectivity index (χ4v) is 5.54. The lowest BCUT2D eigenvalue weighted by molar-refractivity contribution is -0.140. The Morgan fingerprint density at radius 3 is 2.47 bits per heavy atom. The molecule has 0 spiro atoms. The number of carboxylic acid groups (broad SMARTS) is 1. The summed E-state index contributed by atoms with van der Waals surface area (Å²) in [6.07, 6.45) is 4.09. The van der Waals surface area contributed by atoms with Crippen LogP contribution in [0.1, 0.15) is 56.6 Å². The minimum absolute atomic E-state index is 0.112. The number of anilines is 1. The molecule has 1 aliphatic heterocycles. The SMILES string of the molecule is Cc1c(CN2CCN(C(=O)C3CCCC3)[C@@H](C)C2)cc(F)cc1NC(=O)[C@H]1C[C@H](NC(=O)O)C1. The molecule has 2 aliphatic carbocycles. The van der Waals surface area contributed by atoms with Crippen LogP contribution in [-0.4, -0.2) is 64.5 Å². The molecule has 0 bridgehead atoms. The van der Waals surface area contributed by atoms with E-state index in [0.717, 1.165) is 49.9 Å². The molecular formula is C25H35FN4O4. The summed E-state index contributed by atoms with van der Waals surface area (Å²) in [6, 6.07) is 2.75. The van der Waals surface area contributed by atoms with E-state index < -0.39 is 11.9 Å². The van der Waals surface area contributed by atoms with Crippen LogP contribution < -0.4 is 10.6 Å². The summed E-state index contributed by atoms with van der Waals surface area (Å²) < 4.78 is 14.4. The number of carbonyl (C=O) groups is 3. The van der Waals surface area contributed by atoms with E-state index in [0.29, 0.717) is 31.6 Å². The third kappa shape index (κ3) is 5.51. The van der Waals surface area contributed by atoms with Crippen LogP contribution in [-0.2, 0) is 16.1 Å². The van der Waals surface area contributed by atoms with Crippen LogP contribution in [0.3, 0.4) is 0 Å². The Bertz CT molecular complexity index is 943. The summed E-state index contributed by atoms with van der Waals surface area (Å²) in [7, 11) is 0. The zero-order valence-electron chi connectivity index (χ0n) is 20.0. The monoisotopic (exact) mass is 474 g/mol. The van der Waals surface area contributed by atoms with Crippen molar-refractivity contribution >= 4 is 23.6 Å². The lowest BCUT2D eigenvalue weighted by Crippen LogP contribution is -2.54. The number of hydrogen-bond acceptors (Lipinski definition) is 4. The molecule has 1 aromatic rings. The van der Waals surface area contributed by atoms with Gasteiger partial charge in [-0.25, -0.2) is 9.18 Å². The van der Waals surface area contributed by atoms with Gasteiger partial charge in [0, 0.05) is 55.8 Å². The van der Waals surface area contributed by atoms with E-state index >= 15 is 0 Å². The van der Waals surface area contributed by atoms with E-state index in [1.807, 2.05) is 11.8 Å². The summed E-state index contributed by atoms with van der Waals surface area (Å²) in [5, 5.41) is 14.0. The van der Waals surface area contributed by atoms with Crippen molar-refractivity contribution in [1.29, 1.82) is 0 Å². The van der Waals surface area contributed by atoms with Crippen LogP contribution in [0, 0.1) is 24.6 Å². The number of carbonyl (C=O) groups excluding carboxylic acids is 2. The lowest BCUT2D eigenvalue weighted by Gasteiger charge is -2.41. The smallest absolute Gasteiger partial charge is 0.404 e. The number of nitrogens with zero attached hydrogens (tertiary/aromatic N) is 2. The van der Waals surface area contributed by atoms with Gasteiger partial charge in [0.15, 0.2) is 0 Å². The number of rotatable bonds is 6. The van der Waals surface area contributed by atoms with E-state index in [1.54, 1.807) is 0 Å². The average Bonchev–Trinajstić information content (AvgIpc) is 3.28. The van der Waals surface area contributed by atoms with Crippen molar-refractivity contribution in [3.05, 3.63) is 29.1 Å². The number of piperazine rings is 1. The Kier molecular flexibility index (Phi) is 7.40. The molecule has 4 rings (SSSR count). The van der Waals surface area contributed by atoms with Crippen molar-refractivity contribution in [2.24, 2.45) is 11.8 Å². The fraction of sp³-hybridized carbons (Fsp3) is 0.640. The van der Waals surface area contributed by atoms with E-state index in [4.69, 9.17) is 5.11 Å². The largest absolute Gasteiger partial charge is 0.465 e. The number of benzene rings is 1.